The van der Waals surface area contributed by atoms with Crippen LogP contribution in [0.4, 0.5) is 34.1 Å². The van der Waals surface area contributed by atoms with E-state index in [1.807, 2.05) is 12.3 Å². The van der Waals surface area contributed by atoms with Crippen molar-refractivity contribution < 1.29 is 0 Å². The van der Waals surface area contributed by atoms with Gasteiger partial charge in [-0.15, -0.1) is 0 Å². The van der Waals surface area contributed by atoms with Gasteiger partial charge in [0.05, 0.1) is 11.2 Å². The molecule has 0 radical (unpaired) electrons. The molecule has 3 nitrogen and oxygen atoms in total. The average Bonchev–Trinajstić information content (AvgIpc) is 3.28. The number of rotatable bonds is 4. The molecule has 3 aliphatic rings. The van der Waals surface area contributed by atoms with Crippen LogP contribution in [0.3, 0.4) is 0 Å². The van der Waals surface area contributed by atoms with Crippen molar-refractivity contribution in [2.45, 2.75) is 0 Å². The van der Waals surface area contributed by atoms with Crippen LogP contribution in [0.25, 0.3) is 10.9 Å². The molecule has 9 aromatic rings. The lowest BCUT2D eigenvalue weighted by Crippen LogP contribution is -2.78. The standard InChI is InChI=1S/C51H34B3N3/c1-4-20-36(21-5-1)52-39-26-10-11-27-40(39)54-42-29-13-14-30-44(42)56(38-24-8-3-9-25-38)51-48(54)43(52)34-47-49(51)53(37-22-6-2-7-23-37)41-28-12-15-31-45(41)57(47)46-32-16-18-35-19-17-33-55-50(35)46/h1-34H. The molecule has 0 spiro atoms. The van der Waals surface area contributed by atoms with Crippen molar-refractivity contribution >= 4 is 114 Å². The lowest BCUT2D eigenvalue weighted by atomic mass is 9.19. The molecule has 0 unspecified atom stereocenters. The van der Waals surface area contributed by atoms with Crippen molar-refractivity contribution in [3.05, 3.63) is 206 Å². The van der Waals surface area contributed by atoms with Crippen molar-refractivity contribution in [3.8, 4) is 0 Å². The van der Waals surface area contributed by atoms with E-state index in [1.54, 1.807) is 0 Å². The van der Waals surface area contributed by atoms with E-state index in [4.69, 9.17) is 4.98 Å². The fourth-order valence-electron chi connectivity index (χ4n) is 10.3. The Morgan fingerprint density at radius 1 is 0.351 bits per heavy atom. The summed E-state index contributed by atoms with van der Waals surface area (Å²) in [6.07, 6.45) is 1.92. The third-order valence-corrected chi connectivity index (χ3v) is 12.5. The Bertz CT molecular complexity index is 2990. The lowest BCUT2D eigenvalue weighted by molar-refractivity contribution is 1.26. The normalized spacial score (nSPS) is 13.4. The first-order valence-corrected chi connectivity index (χ1v) is 19.9. The molecule has 6 heteroatoms. The maximum Gasteiger partial charge on any atom is 0.249 e. The number of nitrogens with zero attached hydrogens (tertiary/aromatic N) is 3. The highest BCUT2D eigenvalue weighted by Crippen LogP contribution is 2.43. The number of benzene rings is 8. The van der Waals surface area contributed by atoms with Crippen LogP contribution >= 0.6 is 0 Å². The first kappa shape index (κ1) is 32.2. The Morgan fingerprint density at radius 2 is 0.877 bits per heavy atom. The number of aromatic nitrogens is 1. The zero-order valence-corrected chi connectivity index (χ0v) is 31.2. The number of anilines is 6. The van der Waals surface area contributed by atoms with Crippen LogP contribution in [-0.4, -0.2) is 25.1 Å². The molecular formula is C51H34B3N3. The highest BCUT2D eigenvalue weighted by atomic mass is 15.2. The number of hydrogen-bond donors (Lipinski definition) is 0. The van der Waals surface area contributed by atoms with Gasteiger partial charge in [-0.25, -0.2) is 0 Å². The average molecular weight is 721 g/mol. The van der Waals surface area contributed by atoms with Crippen molar-refractivity contribution in [3.63, 3.8) is 0 Å². The van der Waals surface area contributed by atoms with Gasteiger partial charge in [0.2, 0.25) is 20.1 Å². The van der Waals surface area contributed by atoms with E-state index in [1.165, 1.54) is 71.9 Å². The van der Waals surface area contributed by atoms with Crippen molar-refractivity contribution in [2.24, 2.45) is 0 Å². The summed E-state index contributed by atoms with van der Waals surface area (Å²) in [7, 11) is 0. The minimum Gasteiger partial charge on any atom is -0.312 e. The van der Waals surface area contributed by atoms with E-state index < -0.39 is 0 Å². The molecule has 0 aliphatic carbocycles. The van der Waals surface area contributed by atoms with Gasteiger partial charge in [0, 0.05) is 40.0 Å². The predicted molar refractivity (Wildman–Crippen MR) is 244 cm³/mol. The van der Waals surface area contributed by atoms with Gasteiger partial charge in [-0.2, -0.15) is 0 Å². The molecule has 3 aliphatic heterocycles. The van der Waals surface area contributed by atoms with Crippen LogP contribution in [0.2, 0.25) is 0 Å². The van der Waals surface area contributed by atoms with E-state index >= 15 is 0 Å². The monoisotopic (exact) mass is 721 g/mol. The van der Waals surface area contributed by atoms with Gasteiger partial charge >= 0.3 is 0 Å². The summed E-state index contributed by atoms with van der Waals surface area (Å²) in [5.74, 6) is 0. The van der Waals surface area contributed by atoms with Crippen molar-refractivity contribution in [1.82, 2.24) is 4.98 Å². The molecule has 8 aromatic carbocycles. The van der Waals surface area contributed by atoms with Crippen LogP contribution in [0.5, 0.6) is 0 Å². The lowest BCUT2D eigenvalue weighted by Gasteiger charge is -2.47. The van der Waals surface area contributed by atoms with Gasteiger partial charge in [-0.3, -0.25) is 4.98 Å². The summed E-state index contributed by atoms with van der Waals surface area (Å²) in [5, 5.41) is 1.12. The van der Waals surface area contributed by atoms with E-state index in [0.717, 1.165) is 22.3 Å². The molecule has 12 rings (SSSR count). The highest BCUT2D eigenvalue weighted by Gasteiger charge is 2.49. The van der Waals surface area contributed by atoms with Crippen LogP contribution in [-0.2, 0) is 0 Å². The third kappa shape index (κ3) is 4.74. The minimum absolute atomic E-state index is 0.0282. The van der Waals surface area contributed by atoms with E-state index in [9.17, 15) is 0 Å². The van der Waals surface area contributed by atoms with Crippen molar-refractivity contribution in [2.75, 3.05) is 9.80 Å². The number of fused-ring (bicyclic) bond motifs is 8. The quantitative estimate of drug-likeness (QED) is 0.219. The van der Waals surface area contributed by atoms with E-state index in [-0.39, 0.29) is 20.1 Å². The Balaban J connectivity index is 1.30. The Morgan fingerprint density at radius 3 is 1.58 bits per heavy atom. The maximum absolute atomic E-state index is 5.07. The molecule has 1 aromatic heterocycles. The molecular weight excluding hydrogens is 687 g/mol. The largest absolute Gasteiger partial charge is 0.312 e. The van der Waals surface area contributed by atoms with Gasteiger partial charge in [-0.05, 0) is 64.3 Å². The second-order valence-electron chi connectivity index (χ2n) is 15.4. The third-order valence-electron chi connectivity index (χ3n) is 12.5. The summed E-state index contributed by atoms with van der Waals surface area (Å²) in [6, 6.07) is 74.0. The molecule has 0 saturated carbocycles. The van der Waals surface area contributed by atoms with E-state index in [2.05, 4.69) is 204 Å². The molecule has 0 N–H and O–H groups in total. The summed E-state index contributed by atoms with van der Waals surface area (Å²) in [4.78, 5) is 10.2. The molecule has 4 heterocycles. The van der Waals surface area contributed by atoms with Crippen LogP contribution in [0.15, 0.2) is 206 Å². The predicted octanol–water partition coefficient (Wildman–Crippen LogP) is 5.66. The first-order valence-electron chi connectivity index (χ1n) is 19.9. The molecule has 57 heavy (non-hydrogen) atoms. The molecule has 0 saturated heterocycles. The second-order valence-corrected chi connectivity index (χ2v) is 15.4. The smallest absolute Gasteiger partial charge is 0.249 e. The van der Waals surface area contributed by atoms with Gasteiger partial charge in [0.25, 0.3) is 0 Å². The molecule has 0 bridgehead atoms. The first-order chi connectivity index (χ1) is 28.3. The summed E-state index contributed by atoms with van der Waals surface area (Å²) in [5.41, 5.74) is 20.0. The van der Waals surface area contributed by atoms with Crippen molar-refractivity contribution in [1.29, 1.82) is 0 Å². The number of pyridine rings is 1. The highest BCUT2D eigenvalue weighted by molar-refractivity contribution is 7.13. The topological polar surface area (TPSA) is 19.4 Å². The van der Waals surface area contributed by atoms with Crippen LogP contribution in [0, 0.1) is 0 Å². The zero-order valence-electron chi connectivity index (χ0n) is 31.2. The van der Waals surface area contributed by atoms with Crippen LogP contribution < -0.4 is 59.0 Å². The molecule has 0 atom stereocenters. The van der Waals surface area contributed by atoms with Gasteiger partial charge in [-0.1, -0.05) is 185 Å². The molecule has 0 amide bonds. The SMILES string of the molecule is c1ccc(B2c3ccccc3B3c4ccccc4N(c4ccccc4)c4c3c2cc2c4B(c3ccccc3)c3ccccc3N2c2cccc3cccnc23)cc1. The Hall–Kier alpha value is -7.04. The van der Waals surface area contributed by atoms with Gasteiger partial charge in [0.15, 0.2) is 0 Å². The number of hydrogen-bond acceptors (Lipinski definition) is 3. The fourth-order valence-corrected chi connectivity index (χ4v) is 10.3. The van der Waals surface area contributed by atoms with Gasteiger partial charge < -0.3 is 9.80 Å². The second kappa shape index (κ2) is 12.8. The summed E-state index contributed by atoms with van der Waals surface area (Å²) < 4.78 is 0. The number of para-hydroxylation sites is 4. The summed E-state index contributed by atoms with van der Waals surface area (Å²) >= 11 is 0. The molecule has 262 valence electrons. The maximum atomic E-state index is 5.07. The zero-order chi connectivity index (χ0) is 37.5. The Labute approximate surface area is 334 Å². The van der Waals surface area contributed by atoms with Crippen LogP contribution in [0.1, 0.15) is 0 Å². The fraction of sp³-hybridized carbons (Fsp3) is 0. The Kier molecular flexibility index (Phi) is 7.21. The minimum atomic E-state index is -0.0404. The summed E-state index contributed by atoms with van der Waals surface area (Å²) in [6.45, 7) is 0.0377. The van der Waals surface area contributed by atoms with E-state index in [0.29, 0.717) is 0 Å². The molecule has 0 fully saturated rings. The van der Waals surface area contributed by atoms with Gasteiger partial charge in [0.1, 0.15) is 0 Å².